The van der Waals surface area contributed by atoms with Gasteiger partial charge in [-0.15, -0.1) is 11.3 Å². The van der Waals surface area contributed by atoms with Crippen LogP contribution in [0, 0.1) is 13.8 Å². The summed E-state index contributed by atoms with van der Waals surface area (Å²) >= 11 is 1.81. The lowest BCUT2D eigenvalue weighted by atomic mass is 10.1. The lowest BCUT2D eigenvalue weighted by molar-refractivity contribution is 0.401. The first kappa shape index (κ1) is 13.7. The number of nitrogens with two attached hydrogens (primary N) is 1. The van der Waals surface area contributed by atoms with Crippen molar-refractivity contribution in [3.63, 3.8) is 0 Å². The molecule has 1 unspecified atom stereocenters. The summed E-state index contributed by atoms with van der Waals surface area (Å²) in [6.45, 7) is 6.39. The second-order valence-electron chi connectivity index (χ2n) is 4.53. The fraction of sp³-hybridized carbons (Fsp3) is 0.357. The maximum Gasteiger partial charge on any atom is 0.238 e. The van der Waals surface area contributed by atoms with Gasteiger partial charge in [-0.25, -0.2) is 0 Å². The molecule has 0 aliphatic rings. The van der Waals surface area contributed by atoms with Crippen molar-refractivity contribution >= 4 is 22.8 Å². The summed E-state index contributed by atoms with van der Waals surface area (Å²) in [6.07, 6.45) is 0. The Balaban J connectivity index is 2.19. The van der Waals surface area contributed by atoms with Gasteiger partial charge in [0.2, 0.25) is 5.88 Å². The van der Waals surface area contributed by atoms with Gasteiger partial charge in [0.05, 0.1) is 18.8 Å². The van der Waals surface area contributed by atoms with Crippen LogP contribution in [0.1, 0.15) is 28.3 Å². The molecule has 2 heterocycles. The number of hydrogen-bond donors (Lipinski definition) is 2. The Labute approximate surface area is 117 Å². The Morgan fingerprint density at radius 3 is 2.68 bits per heavy atom. The molecule has 3 N–H and O–H groups in total. The molecular formula is C14H19N3OS. The van der Waals surface area contributed by atoms with Crippen molar-refractivity contribution in [3.8, 4) is 5.88 Å². The fourth-order valence-electron chi connectivity index (χ4n) is 2.08. The number of ether oxygens (including phenoxy) is 1. The van der Waals surface area contributed by atoms with Crippen molar-refractivity contribution in [2.45, 2.75) is 26.8 Å². The van der Waals surface area contributed by atoms with Gasteiger partial charge in [-0.3, -0.25) is 0 Å². The zero-order chi connectivity index (χ0) is 14.0. The molecule has 0 aliphatic heterocycles. The van der Waals surface area contributed by atoms with Gasteiger partial charge in [0, 0.05) is 9.75 Å². The van der Waals surface area contributed by atoms with E-state index < -0.39 is 0 Å². The average molecular weight is 277 g/mol. The third-order valence-electron chi connectivity index (χ3n) is 2.99. The van der Waals surface area contributed by atoms with Gasteiger partial charge in [-0.2, -0.15) is 4.98 Å². The molecule has 0 radical (unpaired) electrons. The van der Waals surface area contributed by atoms with E-state index in [2.05, 4.69) is 37.1 Å². The third-order valence-corrected chi connectivity index (χ3v) is 3.98. The molecular weight excluding hydrogens is 258 g/mol. The minimum atomic E-state index is 0.200. The van der Waals surface area contributed by atoms with E-state index in [-0.39, 0.29) is 6.04 Å². The molecule has 0 aromatic carbocycles. The van der Waals surface area contributed by atoms with Gasteiger partial charge in [-0.1, -0.05) is 0 Å². The number of methoxy groups -OCH3 is 1. The summed E-state index contributed by atoms with van der Waals surface area (Å²) in [5.41, 5.74) is 7.61. The number of nitrogen functional groups attached to an aromatic ring is 1. The number of aromatic nitrogens is 1. The second kappa shape index (κ2) is 5.48. The fourth-order valence-corrected chi connectivity index (χ4v) is 3.10. The van der Waals surface area contributed by atoms with Gasteiger partial charge in [0.1, 0.15) is 5.82 Å². The SMILES string of the molecule is COc1nc(NC(C)c2cc(C)sc2C)ccc1N. The van der Waals surface area contributed by atoms with Gasteiger partial charge < -0.3 is 15.8 Å². The largest absolute Gasteiger partial charge is 0.479 e. The van der Waals surface area contributed by atoms with Crippen LogP contribution in [0.2, 0.25) is 0 Å². The number of pyridine rings is 1. The Hall–Kier alpha value is -1.75. The monoisotopic (exact) mass is 277 g/mol. The second-order valence-corrected chi connectivity index (χ2v) is 5.99. The topological polar surface area (TPSA) is 60.2 Å². The number of aryl methyl sites for hydroxylation is 2. The smallest absolute Gasteiger partial charge is 0.238 e. The summed E-state index contributed by atoms with van der Waals surface area (Å²) < 4.78 is 5.13. The van der Waals surface area contributed by atoms with Gasteiger partial charge in [0.15, 0.2) is 0 Å². The molecule has 2 rings (SSSR count). The van der Waals surface area contributed by atoms with Crippen molar-refractivity contribution in [3.05, 3.63) is 33.5 Å². The van der Waals surface area contributed by atoms with Crippen LogP contribution in [0.15, 0.2) is 18.2 Å². The molecule has 0 fully saturated rings. The number of hydrogen-bond acceptors (Lipinski definition) is 5. The highest BCUT2D eigenvalue weighted by atomic mass is 32.1. The maximum atomic E-state index is 5.76. The van der Waals surface area contributed by atoms with E-state index in [0.717, 1.165) is 5.82 Å². The van der Waals surface area contributed by atoms with Crippen LogP contribution in [0.5, 0.6) is 5.88 Å². The molecule has 5 heteroatoms. The van der Waals surface area contributed by atoms with Crippen LogP contribution in [0.25, 0.3) is 0 Å². The highest BCUT2D eigenvalue weighted by Crippen LogP contribution is 2.29. The summed E-state index contributed by atoms with van der Waals surface area (Å²) in [4.78, 5) is 6.99. The van der Waals surface area contributed by atoms with E-state index in [9.17, 15) is 0 Å². The Morgan fingerprint density at radius 2 is 2.11 bits per heavy atom. The summed E-state index contributed by atoms with van der Waals surface area (Å²) in [7, 11) is 1.57. The summed E-state index contributed by atoms with van der Waals surface area (Å²) in [5.74, 6) is 1.22. The van der Waals surface area contributed by atoms with E-state index in [1.54, 1.807) is 13.2 Å². The number of nitrogens with zero attached hydrogens (tertiary/aromatic N) is 1. The van der Waals surface area contributed by atoms with Gasteiger partial charge >= 0.3 is 0 Å². The summed E-state index contributed by atoms with van der Waals surface area (Å²) in [6, 6.07) is 6.08. The molecule has 102 valence electrons. The predicted octanol–water partition coefficient (Wildman–Crippen LogP) is 3.52. The summed E-state index contributed by atoms with van der Waals surface area (Å²) in [5, 5.41) is 3.37. The zero-order valence-electron chi connectivity index (χ0n) is 11.7. The minimum Gasteiger partial charge on any atom is -0.479 e. The quantitative estimate of drug-likeness (QED) is 0.897. The van der Waals surface area contributed by atoms with Crippen molar-refractivity contribution in [1.82, 2.24) is 4.98 Å². The Bertz CT molecular complexity index is 580. The maximum absolute atomic E-state index is 5.76. The standard InChI is InChI=1S/C14H19N3OS/c1-8-7-11(10(3)19-8)9(2)16-13-6-5-12(15)14(17-13)18-4/h5-7,9H,15H2,1-4H3,(H,16,17). The van der Waals surface area contributed by atoms with E-state index in [1.165, 1.54) is 15.3 Å². The van der Waals surface area contributed by atoms with Crippen molar-refractivity contribution in [2.75, 3.05) is 18.2 Å². The lowest BCUT2D eigenvalue weighted by Gasteiger charge is -2.15. The van der Waals surface area contributed by atoms with Crippen LogP contribution in [0.3, 0.4) is 0 Å². The Kier molecular flexibility index (Phi) is 3.95. The third kappa shape index (κ3) is 2.98. The molecule has 0 spiro atoms. The number of anilines is 2. The number of nitrogens with one attached hydrogen (secondary N) is 1. The normalized spacial score (nSPS) is 12.2. The lowest BCUT2D eigenvalue weighted by Crippen LogP contribution is -2.09. The highest BCUT2D eigenvalue weighted by Gasteiger charge is 2.12. The van der Waals surface area contributed by atoms with Crippen LogP contribution >= 0.6 is 11.3 Å². The predicted molar refractivity (Wildman–Crippen MR) is 81.0 cm³/mol. The molecule has 0 saturated carbocycles. The first-order chi connectivity index (χ1) is 9.01. The average Bonchev–Trinajstić information content (AvgIpc) is 2.71. The molecule has 4 nitrogen and oxygen atoms in total. The van der Waals surface area contributed by atoms with Crippen molar-refractivity contribution < 1.29 is 4.74 Å². The molecule has 0 saturated heterocycles. The molecule has 0 bridgehead atoms. The van der Waals surface area contributed by atoms with E-state index in [1.807, 2.05) is 17.4 Å². The zero-order valence-corrected chi connectivity index (χ0v) is 12.5. The minimum absolute atomic E-state index is 0.200. The Morgan fingerprint density at radius 1 is 1.37 bits per heavy atom. The van der Waals surface area contributed by atoms with Crippen LogP contribution in [-0.4, -0.2) is 12.1 Å². The van der Waals surface area contributed by atoms with Crippen LogP contribution in [0.4, 0.5) is 11.5 Å². The number of rotatable bonds is 4. The first-order valence-corrected chi connectivity index (χ1v) is 6.97. The molecule has 2 aromatic rings. The first-order valence-electron chi connectivity index (χ1n) is 6.15. The van der Waals surface area contributed by atoms with Crippen molar-refractivity contribution in [1.29, 1.82) is 0 Å². The molecule has 2 aromatic heterocycles. The van der Waals surface area contributed by atoms with E-state index in [4.69, 9.17) is 10.5 Å². The van der Waals surface area contributed by atoms with Crippen LogP contribution < -0.4 is 15.8 Å². The van der Waals surface area contributed by atoms with Crippen molar-refractivity contribution in [2.24, 2.45) is 0 Å². The molecule has 0 aliphatic carbocycles. The molecule has 0 amide bonds. The van der Waals surface area contributed by atoms with Gasteiger partial charge in [-0.05, 0) is 44.5 Å². The van der Waals surface area contributed by atoms with E-state index in [0.29, 0.717) is 11.6 Å². The highest BCUT2D eigenvalue weighted by molar-refractivity contribution is 7.12. The van der Waals surface area contributed by atoms with Crippen LogP contribution in [-0.2, 0) is 0 Å². The number of thiophene rings is 1. The van der Waals surface area contributed by atoms with E-state index >= 15 is 0 Å². The molecule has 19 heavy (non-hydrogen) atoms. The van der Waals surface area contributed by atoms with Gasteiger partial charge in [0.25, 0.3) is 0 Å². The molecule has 1 atom stereocenters.